The van der Waals surface area contributed by atoms with E-state index >= 15 is 0 Å². The highest BCUT2D eigenvalue weighted by molar-refractivity contribution is 5.86. The lowest BCUT2D eigenvalue weighted by molar-refractivity contribution is -0.354. The summed E-state index contributed by atoms with van der Waals surface area (Å²) in [5.41, 5.74) is -0.599. The quantitative estimate of drug-likeness (QED) is 0.149. The topological polar surface area (TPSA) is 249 Å². The second kappa shape index (κ2) is 11.6. The number of fused-ring (bicyclic) bond motifs is 1. The predicted octanol–water partition coefficient (Wildman–Crippen LogP) is -1.39. The molecule has 5 rings (SSSR count). The van der Waals surface area contributed by atoms with Gasteiger partial charge in [-0.15, -0.1) is 0 Å². The monoisotopic (exact) mass is 594 g/mol. The van der Waals surface area contributed by atoms with Crippen molar-refractivity contribution >= 4 is 11.0 Å². The number of aliphatic hydroxyl groups is 6. The van der Waals surface area contributed by atoms with Crippen LogP contribution in [0.4, 0.5) is 0 Å². The number of phenols is 3. The molecule has 3 aromatic rings. The minimum atomic E-state index is -1.82. The summed E-state index contributed by atoms with van der Waals surface area (Å²) in [7, 11) is 0. The van der Waals surface area contributed by atoms with Crippen molar-refractivity contribution in [2.24, 2.45) is 0 Å². The van der Waals surface area contributed by atoms with Gasteiger partial charge in [0.25, 0.3) is 0 Å². The minimum absolute atomic E-state index is 0.0216. The molecule has 0 spiro atoms. The van der Waals surface area contributed by atoms with Gasteiger partial charge in [-0.25, -0.2) is 0 Å². The maximum Gasteiger partial charge on any atom is 0.229 e. The Morgan fingerprint density at radius 3 is 2.24 bits per heavy atom. The van der Waals surface area contributed by atoms with Gasteiger partial charge >= 0.3 is 0 Å². The van der Waals surface area contributed by atoms with Crippen LogP contribution in [0.1, 0.15) is 6.92 Å². The number of phenolic OH excluding ortho intramolecular Hbond substituents is 3. The third-order valence-electron chi connectivity index (χ3n) is 7.21. The molecule has 10 unspecified atom stereocenters. The number of hydrogen-bond acceptors (Lipinski definition) is 15. The van der Waals surface area contributed by atoms with Gasteiger partial charge in [0.2, 0.25) is 6.29 Å². The van der Waals surface area contributed by atoms with Crippen LogP contribution in [-0.4, -0.2) is 114 Å². The van der Waals surface area contributed by atoms with Gasteiger partial charge in [-0.1, -0.05) is 0 Å². The SMILES string of the molecule is CC1OC(OC2C(Oc3cc(O)cc4oc(-c5ccc(O)c(O)c5)cc(=O)c34)OC(CO)C(O)C2O)C(O)C(O)C1O. The van der Waals surface area contributed by atoms with Crippen molar-refractivity contribution in [2.75, 3.05) is 6.61 Å². The van der Waals surface area contributed by atoms with Crippen LogP contribution >= 0.6 is 0 Å². The molecule has 1 aromatic heterocycles. The molecular weight excluding hydrogens is 564 g/mol. The van der Waals surface area contributed by atoms with Crippen molar-refractivity contribution in [3.8, 4) is 34.3 Å². The van der Waals surface area contributed by atoms with Crippen molar-refractivity contribution in [1.29, 1.82) is 0 Å². The van der Waals surface area contributed by atoms with Crippen LogP contribution < -0.4 is 10.2 Å². The van der Waals surface area contributed by atoms with Crippen LogP contribution in [0, 0.1) is 0 Å². The van der Waals surface area contributed by atoms with Crippen LogP contribution in [0.2, 0.25) is 0 Å². The second-order valence-corrected chi connectivity index (χ2v) is 10.1. The number of benzene rings is 2. The molecule has 228 valence electrons. The fourth-order valence-electron chi connectivity index (χ4n) is 4.85. The predicted molar refractivity (Wildman–Crippen MR) is 139 cm³/mol. The van der Waals surface area contributed by atoms with E-state index in [1.165, 1.54) is 19.1 Å². The third kappa shape index (κ3) is 5.49. The number of hydrogen-bond donors (Lipinski definition) is 9. The van der Waals surface area contributed by atoms with Gasteiger partial charge in [0.1, 0.15) is 64.9 Å². The van der Waals surface area contributed by atoms with E-state index in [4.69, 9.17) is 23.4 Å². The van der Waals surface area contributed by atoms with E-state index in [0.29, 0.717) is 0 Å². The Bertz CT molecular complexity index is 1490. The molecule has 0 amide bonds. The number of aliphatic hydroxyl groups excluding tert-OH is 6. The zero-order valence-corrected chi connectivity index (χ0v) is 21.9. The van der Waals surface area contributed by atoms with Crippen LogP contribution in [0.15, 0.2) is 45.6 Å². The van der Waals surface area contributed by atoms with Gasteiger partial charge in [0.05, 0.1) is 12.7 Å². The van der Waals surface area contributed by atoms with E-state index in [0.717, 1.165) is 24.3 Å². The van der Waals surface area contributed by atoms with Gasteiger partial charge in [-0.2, -0.15) is 0 Å². The molecule has 15 heteroatoms. The van der Waals surface area contributed by atoms with Crippen molar-refractivity contribution in [1.82, 2.24) is 0 Å². The molecule has 2 aliphatic heterocycles. The molecule has 0 bridgehead atoms. The van der Waals surface area contributed by atoms with E-state index in [1.54, 1.807) is 0 Å². The molecule has 10 atom stereocenters. The average Bonchev–Trinajstić information content (AvgIpc) is 2.95. The summed E-state index contributed by atoms with van der Waals surface area (Å²) in [6, 6.07) is 6.99. The Morgan fingerprint density at radius 1 is 0.810 bits per heavy atom. The van der Waals surface area contributed by atoms with Crippen LogP contribution in [0.25, 0.3) is 22.3 Å². The molecule has 3 heterocycles. The van der Waals surface area contributed by atoms with Crippen molar-refractivity contribution in [2.45, 2.75) is 68.3 Å². The van der Waals surface area contributed by atoms with E-state index in [2.05, 4.69) is 0 Å². The lowest BCUT2D eigenvalue weighted by Gasteiger charge is -2.45. The molecule has 2 aromatic carbocycles. The molecule has 0 aliphatic carbocycles. The molecule has 15 nitrogen and oxygen atoms in total. The van der Waals surface area contributed by atoms with E-state index in [-0.39, 0.29) is 33.8 Å². The van der Waals surface area contributed by atoms with Crippen LogP contribution in [-0.2, 0) is 14.2 Å². The van der Waals surface area contributed by atoms with Crippen LogP contribution in [0.3, 0.4) is 0 Å². The minimum Gasteiger partial charge on any atom is -0.508 e. The fraction of sp³-hybridized carbons (Fsp3) is 0.444. The Morgan fingerprint density at radius 2 is 1.55 bits per heavy atom. The van der Waals surface area contributed by atoms with Gasteiger partial charge in [0, 0.05) is 23.8 Å². The molecule has 2 aliphatic rings. The fourth-order valence-corrected chi connectivity index (χ4v) is 4.85. The Labute approximate surface area is 236 Å². The number of aromatic hydroxyl groups is 3. The summed E-state index contributed by atoms with van der Waals surface area (Å²) in [4.78, 5) is 13.2. The number of rotatable bonds is 6. The smallest absolute Gasteiger partial charge is 0.229 e. The van der Waals surface area contributed by atoms with Crippen molar-refractivity contribution < 1.29 is 69.3 Å². The second-order valence-electron chi connectivity index (χ2n) is 10.1. The summed E-state index contributed by atoms with van der Waals surface area (Å²) in [5, 5.41) is 91.2. The van der Waals surface area contributed by atoms with Gasteiger partial charge in [-0.05, 0) is 25.1 Å². The Kier molecular flexibility index (Phi) is 8.30. The maximum atomic E-state index is 13.2. The summed E-state index contributed by atoms with van der Waals surface area (Å²) < 4.78 is 28.3. The Hall–Kier alpha value is -3.51. The lowest BCUT2D eigenvalue weighted by atomic mass is 9.97. The van der Waals surface area contributed by atoms with Gasteiger partial charge < -0.3 is 69.3 Å². The normalized spacial score (nSPS) is 33.5. The largest absolute Gasteiger partial charge is 0.508 e. The highest BCUT2D eigenvalue weighted by atomic mass is 16.8. The molecule has 2 fully saturated rings. The Balaban J connectivity index is 1.51. The highest BCUT2D eigenvalue weighted by Crippen LogP contribution is 2.36. The van der Waals surface area contributed by atoms with Gasteiger partial charge in [-0.3, -0.25) is 4.79 Å². The maximum absolute atomic E-state index is 13.2. The van der Waals surface area contributed by atoms with Crippen molar-refractivity contribution in [3.05, 3.63) is 46.6 Å². The third-order valence-corrected chi connectivity index (χ3v) is 7.21. The molecular formula is C27H30O15. The first-order valence-electron chi connectivity index (χ1n) is 12.9. The molecule has 2 saturated heterocycles. The molecule has 0 saturated carbocycles. The van der Waals surface area contributed by atoms with E-state index in [1.807, 2.05) is 0 Å². The zero-order valence-electron chi connectivity index (χ0n) is 21.9. The standard InChI is InChI=1S/C27H30O15/c1-9-20(33)22(35)24(37)26(38-9)42-25-23(36)21(34)18(8-28)41-27(25)40-17-6-11(29)5-16-19(17)14(32)7-15(39-16)10-2-3-12(30)13(31)4-10/h2-7,9,18,20-31,33-37H,8H2,1H3. The first-order chi connectivity index (χ1) is 19.9. The number of ether oxygens (including phenoxy) is 4. The summed E-state index contributed by atoms with van der Waals surface area (Å²) in [5.74, 6) is -1.60. The summed E-state index contributed by atoms with van der Waals surface area (Å²) in [6.07, 6.45) is -15.8. The van der Waals surface area contributed by atoms with E-state index < -0.39 is 84.9 Å². The first-order valence-corrected chi connectivity index (χ1v) is 12.9. The zero-order chi connectivity index (χ0) is 30.5. The van der Waals surface area contributed by atoms with Gasteiger partial charge in [0.15, 0.2) is 29.3 Å². The first kappa shape index (κ1) is 30.0. The van der Waals surface area contributed by atoms with Crippen molar-refractivity contribution in [3.63, 3.8) is 0 Å². The highest BCUT2D eigenvalue weighted by Gasteiger charge is 2.51. The summed E-state index contributed by atoms with van der Waals surface area (Å²) in [6.45, 7) is 0.640. The molecule has 9 N–H and O–H groups in total. The summed E-state index contributed by atoms with van der Waals surface area (Å²) >= 11 is 0. The molecule has 42 heavy (non-hydrogen) atoms. The average molecular weight is 595 g/mol. The van der Waals surface area contributed by atoms with Crippen LogP contribution in [0.5, 0.6) is 23.0 Å². The van der Waals surface area contributed by atoms with E-state index in [9.17, 15) is 50.8 Å². The lowest BCUT2D eigenvalue weighted by Crippen LogP contribution is -2.64. The molecule has 0 radical (unpaired) electrons.